The molecule has 0 saturated heterocycles. The van der Waals surface area contributed by atoms with Crippen LogP contribution in [0.25, 0.3) is 5.76 Å². The first-order chi connectivity index (χ1) is 6.63. The Kier molecular flexibility index (Phi) is 3.57. The van der Waals surface area contributed by atoms with Gasteiger partial charge in [-0.25, -0.2) is 0 Å². The van der Waals surface area contributed by atoms with Crippen LogP contribution in [0, 0.1) is 0 Å². The monoisotopic (exact) mass is 192 g/mol. The zero-order chi connectivity index (χ0) is 10.6. The molecule has 1 rings (SSSR count). The van der Waals surface area contributed by atoms with Crippen molar-refractivity contribution in [1.29, 1.82) is 0 Å². The van der Waals surface area contributed by atoms with Crippen molar-refractivity contribution in [1.82, 2.24) is 0 Å². The van der Waals surface area contributed by atoms with Crippen LogP contribution in [0.15, 0.2) is 30.8 Å². The summed E-state index contributed by atoms with van der Waals surface area (Å²) in [6.45, 7) is 7.77. The van der Waals surface area contributed by atoms with Gasteiger partial charge >= 0.3 is 0 Å². The van der Waals surface area contributed by atoms with Crippen molar-refractivity contribution >= 4 is 5.76 Å². The van der Waals surface area contributed by atoms with E-state index in [0.29, 0.717) is 5.76 Å². The highest BCUT2D eigenvalue weighted by molar-refractivity contribution is 5.57. The topological polar surface area (TPSA) is 18.5 Å². The summed E-state index contributed by atoms with van der Waals surface area (Å²) in [7, 11) is 1.61. The molecule has 1 aromatic rings. The van der Waals surface area contributed by atoms with Crippen LogP contribution in [0.5, 0.6) is 5.75 Å². The fourth-order valence-corrected chi connectivity index (χ4v) is 1.11. The third kappa shape index (κ3) is 2.80. The first kappa shape index (κ1) is 10.6. The van der Waals surface area contributed by atoms with E-state index in [1.165, 1.54) is 0 Å². The van der Waals surface area contributed by atoms with Gasteiger partial charge in [0.1, 0.15) is 11.5 Å². The van der Waals surface area contributed by atoms with E-state index in [1.807, 2.05) is 38.1 Å². The molecule has 0 aliphatic rings. The summed E-state index contributed by atoms with van der Waals surface area (Å²) >= 11 is 0. The molecule has 0 N–H and O–H groups in total. The minimum atomic E-state index is 0.200. The Hall–Kier alpha value is -1.44. The second-order valence-corrected chi connectivity index (χ2v) is 3.32. The van der Waals surface area contributed by atoms with Crippen molar-refractivity contribution in [3.8, 4) is 5.75 Å². The molecule has 0 aliphatic heterocycles. The van der Waals surface area contributed by atoms with Crippen LogP contribution < -0.4 is 4.74 Å². The van der Waals surface area contributed by atoms with Crippen molar-refractivity contribution < 1.29 is 9.47 Å². The summed E-state index contributed by atoms with van der Waals surface area (Å²) in [5.41, 5.74) is 0.976. The summed E-state index contributed by atoms with van der Waals surface area (Å²) in [6, 6.07) is 7.70. The molecule has 1 aromatic carbocycles. The Labute approximate surface area is 85.2 Å². The molecule has 0 spiro atoms. The van der Waals surface area contributed by atoms with Gasteiger partial charge in [-0.3, -0.25) is 0 Å². The van der Waals surface area contributed by atoms with Gasteiger partial charge in [-0.15, -0.1) is 0 Å². The molecule has 0 unspecified atom stereocenters. The molecule has 0 heterocycles. The minimum Gasteiger partial charge on any atom is -0.497 e. The molecule has 2 nitrogen and oxygen atoms in total. The van der Waals surface area contributed by atoms with E-state index in [1.54, 1.807) is 7.11 Å². The van der Waals surface area contributed by atoms with Crippen molar-refractivity contribution in [3.63, 3.8) is 0 Å². The van der Waals surface area contributed by atoms with Crippen molar-refractivity contribution in [2.24, 2.45) is 0 Å². The van der Waals surface area contributed by atoms with Crippen LogP contribution in [-0.4, -0.2) is 13.2 Å². The van der Waals surface area contributed by atoms with Crippen LogP contribution in [0.2, 0.25) is 0 Å². The summed E-state index contributed by atoms with van der Waals surface area (Å²) in [6.07, 6.45) is 0.200. The minimum absolute atomic E-state index is 0.200. The van der Waals surface area contributed by atoms with E-state index < -0.39 is 0 Å². The highest BCUT2D eigenvalue weighted by Gasteiger charge is 2.00. The van der Waals surface area contributed by atoms with E-state index in [0.717, 1.165) is 11.3 Å². The Balaban J connectivity index is 2.73. The molecule has 0 radical (unpaired) electrons. The third-order valence-corrected chi connectivity index (χ3v) is 1.79. The highest BCUT2D eigenvalue weighted by atomic mass is 16.5. The van der Waals surface area contributed by atoms with E-state index in [-0.39, 0.29) is 6.10 Å². The predicted molar refractivity (Wildman–Crippen MR) is 58.2 cm³/mol. The quantitative estimate of drug-likeness (QED) is 0.682. The summed E-state index contributed by atoms with van der Waals surface area (Å²) in [5.74, 6) is 1.54. The molecule has 0 aliphatic carbocycles. The van der Waals surface area contributed by atoms with Crippen LogP contribution in [0.4, 0.5) is 0 Å². The fourth-order valence-electron chi connectivity index (χ4n) is 1.11. The zero-order valence-electron chi connectivity index (χ0n) is 8.91. The molecule has 0 saturated carbocycles. The van der Waals surface area contributed by atoms with Gasteiger partial charge in [-0.05, 0) is 38.1 Å². The van der Waals surface area contributed by atoms with Gasteiger partial charge in [-0.2, -0.15) is 0 Å². The first-order valence-electron chi connectivity index (χ1n) is 4.63. The van der Waals surface area contributed by atoms with Gasteiger partial charge in [0.05, 0.1) is 13.2 Å². The number of ether oxygens (including phenoxy) is 2. The lowest BCUT2D eigenvalue weighted by molar-refractivity contribution is 0.242. The Morgan fingerprint density at radius 3 is 2.21 bits per heavy atom. The predicted octanol–water partition coefficient (Wildman–Crippen LogP) is 3.09. The second kappa shape index (κ2) is 4.70. The smallest absolute Gasteiger partial charge is 0.119 e. The Bertz CT molecular complexity index is 299. The first-order valence-corrected chi connectivity index (χ1v) is 4.63. The van der Waals surface area contributed by atoms with Gasteiger partial charge in [0.2, 0.25) is 0 Å². The lowest BCUT2D eigenvalue weighted by Crippen LogP contribution is -2.05. The van der Waals surface area contributed by atoms with Crippen LogP contribution in [-0.2, 0) is 4.74 Å². The van der Waals surface area contributed by atoms with E-state index in [4.69, 9.17) is 9.47 Å². The molecule has 0 bridgehead atoms. The van der Waals surface area contributed by atoms with Gasteiger partial charge in [0.15, 0.2) is 0 Å². The fraction of sp³-hybridized carbons (Fsp3) is 0.333. The molecule has 0 fully saturated rings. The molecule has 2 heteroatoms. The lowest BCUT2D eigenvalue weighted by Gasteiger charge is -2.10. The maximum absolute atomic E-state index is 5.51. The maximum Gasteiger partial charge on any atom is 0.119 e. The van der Waals surface area contributed by atoms with Crippen molar-refractivity contribution in [2.75, 3.05) is 7.11 Å². The van der Waals surface area contributed by atoms with Crippen molar-refractivity contribution in [3.05, 3.63) is 36.4 Å². The number of methoxy groups -OCH3 is 1. The molecule has 76 valence electrons. The molecular formula is C12H16O2. The summed E-state index contributed by atoms with van der Waals surface area (Å²) in [4.78, 5) is 0. The molecule has 0 amide bonds. The second-order valence-electron chi connectivity index (χ2n) is 3.32. The Morgan fingerprint density at radius 2 is 1.79 bits per heavy atom. The van der Waals surface area contributed by atoms with E-state index in [2.05, 4.69) is 6.58 Å². The zero-order valence-corrected chi connectivity index (χ0v) is 8.91. The third-order valence-electron chi connectivity index (χ3n) is 1.79. The van der Waals surface area contributed by atoms with Gasteiger partial charge in [0, 0.05) is 5.56 Å². The molecule has 0 aromatic heterocycles. The normalized spacial score (nSPS) is 10.0. The highest BCUT2D eigenvalue weighted by Crippen LogP contribution is 2.18. The number of hydrogen-bond donors (Lipinski definition) is 0. The molecule has 0 atom stereocenters. The average Bonchev–Trinajstić information content (AvgIpc) is 2.17. The number of benzene rings is 1. The Morgan fingerprint density at radius 1 is 1.21 bits per heavy atom. The van der Waals surface area contributed by atoms with Gasteiger partial charge in [-0.1, -0.05) is 6.58 Å². The van der Waals surface area contributed by atoms with Gasteiger partial charge < -0.3 is 9.47 Å². The number of hydrogen-bond acceptors (Lipinski definition) is 2. The summed E-state index contributed by atoms with van der Waals surface area (Å²) in [5, 5.41) is 0. The van der Waals surface area contributed by atoms with Crippen LogP contribution in [0.3, 0.4) is 0 Å². The number of rotatable bonds is 4. The van der Waals surface area contributed by atoms with E-state index >= 15 is 0 Å². The van der Waals surface area contributed by atoms with Crippen LogP contribution >= 0.6 is 0 Å². The molecule has 14 heavy (non-hydrogen) atoms. The lowest BCUT2D eigenvalue weighted by atomic mass is 10.2. The van der Waals surface area contributed by atoms with Crippen LogP contribution in [0.1, 0.15) is 19.4 Å². The van der Waals surface area contributed by atoms with E-state index in [9.17, 15) is 0 Å². The standard InChI is InChI=1S/C12H16O2/c1-9(2)14-12-7-5-11(6-8-12)10(3)13-4/h5-9H,3H2,1-2,4H3. The van der Waals surface area contributed by atoms with Crippen molar-refractivity contribution in [2.45, 2.75) is 20.0 Å². The largest absolute Gasteiger partial charge is 0.497 e. The summed E-state index contributed by atoms with van der Waals surface area (Å²) < 4.78 is 10.5. The van der Waals surface area contributed by atoms with Gasteiger partial charge in [0.25, 0.3) is 0 Å². The maximum atomic E-state index is 5.51. The average molecular weight is 192 g/mol. The molecular weight excluding hydrogens is 176 g/mol. The SMILES string of the molecule is C=C(OC)c1ccc(OC(C)C)cc1.